The van der Waals surface area contributed by atoms with Gasteiger partial charge in [-0.3, -0.25) is 4.79 Å². The van der Waals surface area contributed by atoms with Crippen molar-refractivity contribution in [1.29, 1.82) is 0 Å². The number of carbonyl (C=O) groups is 1. The van der Waals surface area contributed by atoms with E-state index in [1.165, 1.54) is 231 Å². The minimum Gasteiger partial charge on any atom is -0.466 e. The van der Waals surface area contributed by atoms with Crippen LogP contribution in [-0.4, -0.2) is 67.0 Å². The van der Waals surface area contributed by atoms with Crippen LogP contribution in [-0.2, 0) is 9.53 Å². The molecule has 0 unspecified atom stereocenters. The molecule has 0 saturated carbocycles. The number of esters is 1. The van der Waals surface area contributed by atoms with Crippen LogP contribution >= 0.6 is 0 Å². The summed E-state index contributed by atoms with van der Waals surface area (Å²) in [5, 5.41) is 11.8. The van der Waals surface area contributed by atoms with Gasteiger partial charge < -0.3 is 20.6 Å². The van der Waals surface area contributed by atoms with E-state index in [2.05, 4.69) is 55.2 Å². The number of nitrogens with two attached hydrogens (primary N) is 1. The molecule has 0 atom stereocenters. The number of carbonyl (C=O) groups excluding carboxylic acids is 1. The van der Waals surface area contributed by atoms with Gasteiger partial charge in [-0.2, -0.15) is 5.06 Å². The fourth-order valence-electron chi connectivity index (χ4n) is 8.70. The topological polar surface area (TPSA) is 79.0 Å². The number of nitrogens with zero attached hydrogens (tertiary/aromatic N) is 2. The van der Waals surface area contributed by atoms with Gasteiger partial charge in [0.15, 0.2) is 0 Å². The summed E-state index contributed by atoms with van der Waals surface area (Å²) >= 11 is 0. The molecule has 64 heavy (non-hydrogen) atoms. The summed E-state index contributed by atoms with van der Waals surface area (Å²) in [5.41, 5.74) is 5.93. The molecule has 0 fully saturated rings. The SMILES string of the molecule is CCCCC/C=C\C/C=C\CCCCCCCCN(CCN)CCCCCCCCCCOC(=O)CCCCCCCCCN(O)CCCCCCCC/C=C\CCCCCCCC. The summed E-state index contributed by atoms with van der Waals surface area (Å²) in [6.07, 6.45) is 66.8. The minimum atomic E-state index is -0.0144. The van der Waals surface area contributed by atoms with E-state index in [9.17, 15) is 10.0 Å². The smallest absolute Gasteiger partial charge is 0.305 e. The highest BCUT2D eigenvalue weighted by atomic mass is 16.5. The molecular weight excluding hydrogens is 787 g/mol. The molecule has 0 aromatic heterocycles. The number of ether oxygens (including phenoxy) is 1. The summed E-state index contributed by atoms with van der Waals surface area (Å²) in [5.74, 6) is -0.0144. The average molecular weight is 901 g/mol. The predicted molar refractivity (Wildman–Crippen MR) is 282 cm³/mol. The van der Waals surface area contributed by atoms with Gasteiger partial charge in [-0.1, -0.05) is 217 Å². The van der Waals surface area contributed by atoms with Gasteiger partial charge in [-0.15, -0.1) is 0 Å². The molecule has 0 bridgehead atoms. The second kappa shape index (κ2) is 55.9. The van der Waals surface area contributed by atoms with Crippen LogP contribution in [0.4, 0.5) is 0 Å². The van der Waals surface area contributed by atoms with Crippen molar-refractivity contribution < 1.29 is 14.7 Å². The first-order valence-corrected chi connectivity index (χ1v) is 28.6. The van der Waals surface area contributed by atoms with E-state index in [1.807, 2.05) is 0 Å². The Balaban J connectivity index is 3.44. The highest BCUT2D eigenvalue weighted by Crippen LogP contribution is 2.14. The van der Waals surface area contributed by atoms with E-state index in [-0.39, 0.29) is 5.97 Å². The van der Waals surface area contributed by atoms with E-state index in [1.54, 1.807) is 5.06 Å². The minimum absolute atomic E-state index is 0.0144. The molecule has 0 rings (SSSR count). The standard InChI is InChI=1S/C58H113N3O3/c1-3-5-7-9-11-13-15-17-19-21-23-25-27-33-39-45-52-60(56-51-59)53-46-40-34-29-30-37-43-49-57-64-58(62)50-44-38-32-31-36-42-48-55-61(63)54-47-41-35-28-26-24-22-20-18-16-14-12-10-8-6-4-2/h11,13,17-20,63H,3-10,12,14-16,21-57,59H2,1-2H3/b13-11-,19-17-,20-18-. The van der Waals surface area contributed by atoms with Crippen molar-refractivity contribution in [2.24, 2.45) is 5.73 Å². The monoisotopic (exact) mass is 900 g/mol. The van der Waals surface area contributed by atoms with Crippen LogP contribution < -0.4 is 5.73 Å². The zero-order chi connectivity index (χ0) is 46.3. The summed E-state index contributed by atoms with van der Waals surface area (Å²) in [4.78, 5) is 14.8. The second-order valence-electron chi connectivity index (χ2n) is 19.4. The lowest BCUT2D eigenvalue weighted by Gasteiger charge is -2.21. The Morgan fingerprint density at radius 1 is 0.406 bits per heavy atom. The van der Waals surface area contributed by atoms with Gasteiger partial charge in [0.25, 0.3) is 0 Å². The van der Waals surface area contributed by atoms with Crippen molar-refractivity contribution in [3.05, 3.63) is 36.5 Å². The van der Waals surface area contributed by atoms with Crippen LogP contribution in [0.2, 0.25) is 0 Å². The molecule has 0 spiro atoms. The molecule has 0 radical (unpaired) electrons. The second-order valence-corrected chi connectivity index (χ2v) is 19.4. The molecule has 3 N–H and O–H groups in total. The van der Waals surface area contributed by atoms with E-state index < -0.39 is 0 Å². The predicted octanol–water partition coefficient (Wildman–Crippen LogP) is 17.6. The highest BCUT2D eigenvalue weighted by Gasteiger charge is 2.06. The first kappa shape index (κ1) is 62.5. The van der Waals surface area contributed by atoms with Gasteiger partial charge in [0, 0.05) is 32.6 Å². The van der Waals surface area contributed by atoms with Crippen molar-refractivity contribution in [3.63, 3.8) is 0 Å². The molecule has 0 aromatic carbocycles. The van der Waals surface area contributed by atoms with Crippen LogP contribution in [0.1, 0.15) is 284 Å². The number of hydrogen-bond acceptors (Lipinski definition) is 6. The van der Waals surface area contributed by atoms with E-state index in [0.29, 0.717) is 13.0 Å². The van der Waals surface area contributed by atoms with Crippen LogP contribution in [0, 0.1) is 0 Å². The Morgan fingerprint density at radius 2 is 0.734 bits per heavy atom. The first-order chi connectivity index (χ1) is 31.6. The fourth-order valence-corrected chi connectivity index (χ4v) is 8.70. The number of hydrogen-bond donors (Lipinski definition) is 2. The largest absolute Gasteiger partial charge is 0.466 e. The van der Waals surface area contributed by atoms with Crippen molar-refractivity contribution in [1.82, 2.24) is 9.96 Å². The van der Waals surface area contributed by atoms with Crippen LogP contribution in [0.3, 0.4) is 0 Å². The van der Waals surface area contributed by atoms with Crippen LogP contribution in [0.15, 0.2) is 36.5 Å². The lowest BCUT2D eigenvalue weighted by Crippen LogP contribution is -2.31. The van der Waals surface area contributed by atoms with Gasteiger partial charge in [-0.05, 0) is 109 Å². The zero-order valence-corrected chi connectivity index (χ0v) is 43.3. The molecule has 0 aliphatic heterocycles. The van der Waals surface area contributed by atoms with Crippen LogP contribution in [0.25, 0.3) is 0 Å². The van der Waals surface area contributed by atoms with E-state index >= 15 is 0 Å². The summed E-state index contributed by atoms with van der Waals surface area (Å²) in [6, 6.07) is 0. The third-order valence-corrected chi connectivity index (χ3v) is 13.0. The lowest BCUT2D eigenvalue weighted by molar-refractivity contribution is -0.143. The van der Waals surface area contributed by atoms with E-state index in [4.69, 9.17) is 10.5 Å². The summed E-state index contributed by atoms with van der Waals surface area (Å²) < 4.78 is 5.51. The first-order valence-electron chi connectivity index (χ1n) is 28.6. The Morgan fingerprint density at radius 3 is 1.17 bits per heavy atom. The number of rotatable bonds is 54. The molecule has 0 amide bonds. The van der Waals surface area contributed by atoms with Gasteiger partial charge in [0.2, 0.25) is 0 Å². The number of allylic oxidation sites excluding steroid dienone is 6. The van der Waals surface area contributed by atoms with Crippen molar-refractivity contribution in [2.45, 2.75) is 284 Å². The van der Waals surface area contributed by atoms with Gasteiger partial charge >= 0.3 is 5.97 Å². The highest BCUT2D eigenvalue weighted by molar-refractivity contribution is 5.69. The Hall–Kier alpha value is -1.47. The van der Waals surface area contributed by atoms with Gasteiger partial charge in [-0.25, -0.2) is 0 Å². The number of hydroxylamine groups is 2. The molecule has 0 heterocycles. The molecule has 378 valence electrons. The van der Waals surface area contributed by atoms with Crippen LogP contribution in [0.5, 0.6) is 0 Å². The quantitative estimate of drug-likeness (QED) is 0.0274. The maximum Gasteiger partial charge on any atom is 0.305 e. The summed E-state index contributed by atoms with van der Waals surface area (Å²) in [6.45, 7) is 11.0. The molecule has 0 saturated heterocycles. The summed E-state index contributed by atoms with van der Waals surface area (Å²) in [7, 11) is 0. The van der Waals surface area contributed by atoms with Gasteiger partial charge in [0.1, 0.15) is 0 Å². The molecule has 0 aliphatic rings. The average Bonchev–Trinajstić information content (AvgIpc) is 3.29. The van der Waals surface area contributed by atoms with Crippen molar-refractivity contribution in [3.8, 4) is 0 Å². The zero-order valence-electron chi connectivity index (χ0n) is 43.3. The fraction of sp³-hybridized carbons (Fsp3) is 0.879. The third-order valence-electron chi connectivity index (χ3n) is 13.0. The number of unbranched alkanes of at least 4 members (excludes halogenated alkanes) is 34. The Bertz CT molecular complexity index is 984. The molecule has 6 nitrogen and oxygen atoms in total. The van der Waals surface area contributed by atoms with Crippen molar-refractivity contribution >= 4 is 5.97 Å². The molecule has 0 aliphatic carbocycles. The normalized spacial score (nSPS) is 12.2. The maximum atomic E-state index is 12.2. The van der Waals surface area contributed by atoms with Gasteiger partial charge in [0.05, 0.1) is 6.61 Å². The molecular formula is C58H113N3O3. The molecule has 0 aromatic rings. The Labute approximate surface area is 400 Å². The lowest BCUT2D eigenvalue weighted by atomic mass is 10.1. The van der Waals surface area contributed by atoms with E-state index in [0.717, 1.165) is 71.1 Å². The maximum absolute atomic E-state index is 12.2. The molecule has 6 heteroatoms. The van der Waals surface area contributed by atoms with Crippen molar-refractivity contribution in [2.75, 3.05) is 45.9 Å². The Kier molecular flexibility index (Phi) is 54.6. The third kappa shape index (κ3) is 53.1.